The van der Waals surface area contributed by atoms with E-state index < -0.39 is 23.6 Å². The first-order valence-corrected chi connectivity index (χ1v) is 8.40. The van der Waals surface area contributed by atoms with Gasteiger partial charge in [-0.3, -0.25) is 4.79 Å². The largest absolute Gasteiger partial charge is 0.444 e. The van der Waals surface area contributed by atoms with Crippen molar-refractivity contribution in [3.8, 4) is 6.07 Å². The van der Waals surface area contributed by atoms with Gasteiger partial charge in [-0.25, -0.2) is 4.79 Å². The third-order valence-electron chi connectivity index (χ3n) is 3.60. The molecular weight excluding hydrogens is 330 g/mol. The first kappa shape index (κ1) is 19.3. The number of fused-ring (bicyclic) bond motifs is 1. The molecule has 136 valence electrons. The Labute approximate surface area is 153 Å². The van der Waals surface area contributed by atoms with Gasteiger partial charge in [0.15, 0.2) is 0 Å². The minimum atomic E-state index is -0.834. The molecule has 0 aliphatic heterocycles. The van der Waals surface area contributed by atoms with Crippen LogP contribution in [0, 0.1) is 11.3 Å². The molecule has 0 aliphatic rings. The van der Waals surface area contributed by atoms with Gasteiger partial charge >= 0.3 is 6.09 Å². The van der Waals surface area contributed by atoms with Crippen LogP contribution in [0.2, 0.25) is 0 Å². The van der Waals surface area contributed by atoms with E-state index in [2.05, 4.69) is 10.6 Å². The van der Waals surface area contributed by atoms with Gasteiger partial charge in [-0.2, -0.15) is 5.26 Å². The number of hydrogen-bond acceptors (Lipinski definition) is 4. The molecule has 0 aliphatic carbocycles. The van der Waals surface area contributed by atoms with Crippen LogP contribution in [-0.4, -0.2) is 30.2 Å². The van der Waals surface area contributed by atoms with E-state index >= 15 is 0 Å². The Morgan fingerprint density at radius 1 is 1.15 bits per heavy atom. The van der Waals surface area contributed by atoms with Gasteiger partial charge in [0, 0.05) is 6.42 Å². The number of nitrogens with one attached hydrogen (secondary N) is 2. The molecule has 2 N–H and O–H groups in total. The van der Waals surface area contributed by atoms with Gasteiger partial charge in [0.2, 0.25) is 5.91 Å². The number of carbonyl (C=O) groups is 2. The van der Waals surface area contributed by atoms with Gasteiger partial charge < -0.3 is 15.4 Å². The Morgan fingerprint density at radius 3 is 2.50 bits per heavy atom. The minimum absolute atomic E-state index is 0.122. The van der Waals surface area contributed by atoms with E-state index in [1.807, 2.05) is 48.5 Å². The van der Waals surface area contributed by atoms with Crippen LogP contribution in [0.3, 0.4) is 0 Å². The lowest BCUT2D eigenvalue weighted by Crippen LogP contribution is -2.49. The summed E-state index contributed by atoms with van der Waals surface area (Å²) in [6.07, 6.45) is -0.378. The van der Waals surface area contributed by atoms with Crippen molar-refractivity contribution < 1.29 is 14.3 Å². The molecule has 0 aromatic heterocycles. The smallest absolute Gasteiger partial charge is 0.408 e. The molecule has 0 fully saturated rings. The van der Waals surface area contributed by atoms with Crippen LogP contribution < -0.4 is 10.6 Å². The number of ether oxygens (including phenoxy) is 1. The quantitative estimate of drug-likeness (QED) is 0.809. The van der Waals surface area contributed by atoms with E-state index in [1.54, 1.807) is 20.8 Å². The van der Waals surface area contributed by atoms with E-state index in [4.69, 9.17) is 10.00 Å². The first-order valence-electron chi connectivity index (χ1n) is 8.40. The number of nitrogens with zero attached hydrogens (tertiary/aromatic N) is 1. The average Bonchev–Trinajstić information content (AvgIpc) is 2.57. The average molecular weight is 353 g/mol. The van der Waals surface area contributed by atoms with E-state index in [-0.39, 0.29) is 6.54 Å². The molecule has 0 saturated carbocycles. The van der Waals surface area contributed by atoms with E-state index in [1.165, 1.54) is 0 Å². The van der Waals surface area contributed by atoms with Crippen LogP contribution in [0.15, 0.2) is 42.5 Å². The lowest BCUT2D eigenvalue weighted by Gasteiger charge is -2.23. The van der Waals surface area contributed by atoms with Crippen molar-refractivity contribution in [3.63, 3.8) is 0 Å². The van der Waals surface area contributed by atoms with Gasteiger partial charge in [-0.05, 0) is 37.1 Å². The molecule has 0 radical (unpaired) electrons. The summed E-state index contributed by atoms with van der Waals surface area (Å²) in [4.78, 5) is 24.4. The second-order valence-electron chi connectivity index (χ2n) is 6.96. The van der Waals surface area contributed by atoms with Crippen LogP contribution >= 0.6 is 0 Å². The Balaban J connectivity index is 2.17. The van der Waals surface area contributed by atoms with E-state index in [9.17, 15) is 9.59 Å². The molecule has 0 saturated heterocycles. The van der Waals surface area contributed by atoms with Gasteiger partial charge in [-0.1, -0.05) is 42.5 Å². The number of hydrogen-bond donors (Lipinski definition) is 2. The Hall–Kier alpha value is -3.07. The van der Waals surface area contributed by atoms with Crippen molar-refractivity contribution in [2.75, 3.05) is 6.54 Å². The van der Waals surface area contributed by atoms with Gasteiger partial charge in [0.1, 0.15) is 18.2 Å². The monoisotopic (exact) mass is 353 g/mol. The molecule has 6 nitrogen and oxygen atoms in total. The highest BCUT2D eigenvalue weighted by Gasteiger charge is 2.24. The van der Waals surface area contributed by atoms with Crippen LogP contribution in [0.5, 0.6) is 0 Å². The van der Waals surface area contributed by atoms with Crippen molar-refractivity contribution in [2.24, 2.45) is 0 Å². The van der Waals surface area contributed by atoms with Gasteiger partial charge in [0.05, 0.1) is 6.07 Å². The lowest BCUT2D eigenvalue weighted by molar-refractivity contribution is -0.122. The topological polar surface area (TPSA) is 91.2 Å². The summed E-state index contributed by atoms with van der Waals surface area (Å²) in [5.74, 6) is -0.425. The zero-order valence-electron chi connectivity index (χ0n) is 15.2. The fourth-order valence-electron chi connectivity index (χ4n) is 2.51. The Kier molecular flexibility index (Phi) is 6.18. The minimum Gasteiger partial charge on any atom is -0.444 e. The second-order valence-corrected chi connectivity index (χ2v) is 6.96. The number of carbonyl (C=O) groups excluding carboxylic acids is 2. The molecule has 0 spiro atoms. The number of rotatable bonds is 5. The maximum Gasteiger partial charge on any atom is 0.408 e. The number of amides is 2. The first-order chi connectivity index (χ1) is 12.3. The third kappa shape index (κ3) is 5.78. The van der Waals surface area contributed by atoms with Crippen molar-refractivity contribution in [1.82, 2.24) is 10.6 Å². The summed E-state index contributed by atoms with van der Waals surface area (Å²) < 4.78 is 5.24. The van der Waals surface area contributed by atoms with Crippen molar-refractivity contribution in [3.05, 3.63) is 48.0 Å². The predicted octanol–water partition coefficient (Wildman–Crippen LogP) is 2.92. The highest BCUT2D eigenvalue weighted by Crippen LogP contribution is 2.17. The van der Waals surface area contributed by atoms with Crippen LogP contribution in [0.4, 0.5) is 4.79 Å². The SMILES string of the molecule is CC(C)(C)OC(=O)N[C@@H](Cc1ccc2ccccc2c1)C(=O)NCC#N. The molecule has 0 bridgehead atoms. The normalized spacial score (nSPS) is 12.1. The molecule has 2 rings (SSSR count). The van der Waals surface area contributed by atoms with Crippen LogP contribution in [0.1, 0.15) is 26.3 Å². The number of alkyl carbamates (subject to hydrolysis) is 1. The van der Waals surface area contributed by atoms with Crippen LogP contribution in [0.25, 0.3) is 10.8 Å². The molecule has 2 aromatic rings. The standard InChI is InChI=1S/C20H23N3O3/c1-20(2,3)26-19(25)23-17(18(24)22-11-10-21)13-14-8-9-15-6-4-5-7-16(15)12-14/h4-9,12,17H,11,13H2,1-3H3,(H,22,24)(H,23,25)/t17-/m0/s1. The summed E-state index contributed by atoms with van der Waals surface area (Å²) in [6.45, 7) is 5.13. The molecule has 26 heavy (non-hydrogen) atoms. The maximum atomic E-state index is 12.3. The zero-order chi connectivity index (χ0) is 19.2. The summed E-state index contributed by atoms with van der Waals surface area (Å²) in [5, 5.41) is 15.9. The lowest BCUT2D eigenvalue weighted by atomic mass is 10.0. The molecular formula is C20H23N3O3. The molecule has 6 heteroatoms. The third-order valence-corrected chi connectivity index (χ3v) is 3.60. The second kappa shape index (κ2) is 8.34. The van der Waals surface area contributed by atoms with E-state index in [0.29, 0.717) is 6.42 Å². The zero-order valence-corrected chi connectivity index (χ0v) is 15.2. The molecule has 0 heterocycles. The van der Waals surface area contributed by atoms with Gasteiger partial charge in [0.25, 0.3) is 0 Å². The Bertz CT molecular complexity index is 834. The summed E-state index contributed by atoms with van der Waals surface area (Å²) >= 11 is 0. The van der Waals surface area contributed by atoms with Gasteiger partial charge in [-0.15, -0.1) is 0 Å². The molecule has 1 atom stereocenters. The Morgan fingerprint density at radius 2 is 1.85 bits per heavy atom. The number of benzene rings is 2. The molecule has 2 aromatic carbocycles. The molecule has 2 amide bonds. The fourth-order valence-corrected chi connectivity index (χ4v) is 2.51. The fraction of sp³-hybridized carbons (Fsp3) is 0.350. The van der Waals surface area contributed by atoms with Crippen LogP contribution in [-0.2, 0) is 16.0 Å². The summed E-state index contributed by atoms with van der Waals surface area (Å²) in [5.41, 5.74) is 0.234. The van der Waals surface area contributed by atoms with Crippen molar-refractivity contribution in [1.29, 1.82) is 5.26 Å². The molecule has 0 unspecified atom stereocenters. The predicted molar refractivity (Wildman–Crippen MR) is 99.4 cm³/mol. The summed E-state index contributed by atoms with van der Waals surface area (Å²) in [7, 11) is 0. The van der Waals surface area contributed by atoms with Crippen molar-refractivity contribution >= 4 is 22.8 Å². The highest BCUT2D eigenvalue weighted by molar-refractivity contribution is 5.87. The highest BCUT2D eigenvalue weighted by atomic mass is 16.6. The summed E-state index contributed by atoms with van der Waals surface area (Å²) in [6, 6.07) is 14.8. The number of nitriles is 1. The van der Waals surface area contributed by atoms with E-state index in [0.717, 1.165) is 16.3 Å². The van der Waals surface area contributed by atoms with Crippen molar-refractivity contribution in [2.45, 2.75) is 38.8 Å². The maximum absolute atomic E-state index is 12.3.